The highest BCUT2D eigenvalue weighted by Crippen LogP contribution is 2.35. The normalized spacial score (nSPS) is 18.6. The average molecular weight is 417 g/mol. The second-order valence-electron chi connectivity index (χ2n) is 7.76. The van der Waals surface area contributed by atoms with Crippen LogP contribution in [0.25, 0.3) is 0 Å². The smallest absolute Gasteiger partial charge is 0.319 e. The molecule has 0 N–H and O–H groups in total. The van der Waals surface area contributed by atoms with E-state index in [0.29, 0.717) is 19.5 Å². The van der Waals surface area contributed by atoms with Gasteiger partial charge >= 0.3 is 5.97 Å². The SMILES string of the molecule is O=C(OCc1ccccc1)[C@@H]1C(=O)N(Cc2ccccc2)CC[C@H]1c1ccc(F)cc1. The molecule has 4 rings (SSSR count). The minimum atomic E-state index is -0.952. The van der Waals surface area contributed by atoms with Gasteiger partial charge in [0, 0.05) is 19.0 Å². The summed E-state index contributed by atoms with van der Waals surface area (Å²) in [6.07, 6.45) is 0.606. The molecule has 4 nitrogen and oxygen atoms in total. The zero-order valence-electron chi connectivity index (χ0n) is 17.1. The third-order valence-corrected chi connectivity index (χ3v) is 5.68. The Labute approximate surface area is 181 Å². The van der Waals surface area contributed by atoms with Crippen molar-refractivity contribution in [3.8, 4) is 0 Å². The lowest BCUT2D eigenvalue weighted by Gasteiger charge is -2.37. The van der Waals surface area contributed by atoms with E-state index in [1.807, 2.05) is 60.7 Å². The summed E-state index contributed by atoms with van der Waals surface area (Å²) in [5, 5.41) is 0. The van der Waals surface area contributed by atoms with Crippen molar-refractivity contribution in [1.29, 1.82) is 0 Å². The molecule has 0 unspecified atom stereocenters. The Morgan fingerprint density at radius 2 is 1.52 bits per heavy atom. The van der Waals surface area contributed by atoms with Crippen molar-refractivity contribution in [2.24, 2.45) is 5.92 Å². The lowest BCUT2D eigenvalue weighted by atomic mass is 9.79. The molecule has 3 aromatic rings. The van der Waals surface area contributed by atoms with E-state index in [4.69, 9.17) is 4.74 Å². The molecule has 0 radical (unpaired) electrons. The number of hydrogen-bond acceptors (Lipinski definition) is 3. The van der Waals surface area contributed by atoms with E-state index in [-0.39, 0.29) is 24.2 Å². The molecule has 0 saturated carbocycles. The number of benzene rings is 3. The fraction of sp³-hybridized carbons (Fsp3) is 0.231. The molecule has 158 valence electrons. The van der Waals surface area contributed by atoms with E-state index in [2.05, 4.69) is 0 Å². The fourth-order valence-electron chi connectivity index (χ4n) is 4.05. The second-order valence-corrected chi connectivity index (χ2v) is 7.76. The zero-order valence-corrected chi connectivity index (χ0v) is 17.1. The van der Waals surface area contributed by atoms with Gasteiger partial charge in [-0.2, -0.15) is 0 Å². The zero-order chi connectivity index (χ0) is 21.6. The molecular weight excluding hydrogens is 393 g/mol. The van der Waals surface area contributed by atoms with Crippen LogP contribution in [-0.2, 0) is 27.5 Å². The Hall–Kier alpha value is -3.47. The number of piperidine rings is 1. The minimum Gasteiger partial charge on any atom is -0.460 e. The first kappa shape index (κ1) is 20.8. The molecular formula is C26H24FNO3. The van der Waals surface area contributed by atoms with Crippen LogP contribution in [0.4, 0.5) is 4.39 Å². The number of carbonyl (C=O) groups excluding carboxylic acids is 2. The number of rotatable bonds is 6. The second kappa shape index (κ2) is 9.56. The van der Waals surface area contributed by atoms with Gasteiger partial charge in [-0.05, 0) is 35.2 Å². The highest BCUT2D eigenvalue weighted by molar-refractivity contribution is 5.99. The van der Waals surface area contributed by atoms with Gasteiger partial charge in [-0.15, -0.1) is 0 Å². The van der Waals surface area contributed by atoms with Crippen molar-refractivity contribution in [3.05, 3.63) is 107 Å². The third-order valence-electron chi connectivity index (χ3n) is 5.68. The van der Waals surface area contributed by atoms with Crippen LogP contribution in [0.5, 0.6) is 0 Å². The van der Waals surface area contributed by atoms with E-state index in [1.165, 1.54) is 12.1 Å². The minimum absolute atomic E-state index is 0.109. The summed E-state index contributed by atoms with van der Waals surface area (Å²) in [6.45, 7) is 1.08. The Kier molecular flexibility index (Phi) is 6.41. The molecule has 31 heavy (non-hydrogen) atoms. The molecule has 1 saturated heterocycles. The Balaban J connectivity index is 1.56. The van der Waals surface area contributed by atoms with E-state index in [1.54, 1.807) is 17.0 Å². The molecule has 1 heterocycles. The first-order valence-corrected chi connectivity index (χ1v) is 10.4. The van der Waals surface area contributed by atoms with Gasteiger partial charge in [0.05, 0.1) is 0 Å². The number of nitrogens with zero attached hydrogens (tertiary/aromatic N) is 1. The van der Waals surface area contributed by atoms with Gasteiger partial charge in [-0.1, -0.05) is 72.8 Å². The first-order valence-electron chi connectivity index (χ1n) is 10.4. The Bertz CT molecular complexity index is 1020. The van der Waals surface area contributed by atoms with Crippen LogP contribution in [0.2, 0.25) is 0 Å². The van der Waals surface area contributed by atoms with Crippen LogP contribution >= 0.6 is 0 Å². The number of amides is 1. The molecule has 2 atom stereocenters. The summed E-state index contributed by atoms with van der Waals surface area (Å²) < 4.78 is 19.0. The summed E-state index contributed by atoms with van der Waals surface area (Å²) in [5.74, 6) is -2.43. The molecule has 0 bridgehead atoms. The first-order chi connectivity index (χ1) is 15.1. The fourth-order valence-corrected chi connectivity index (χ4v) is 4.05. The number of esters is 1. The molecule has 0 aromatic heterocycles. The van der Waals surface area contributed by atoms with Gasteiger partial charge in [0.15, 0.2) is 0 Å². The maximum Gasteiger partial charge on any atom is 0.319 e. The maximum absolute atomic E-state index is 13.4. The number of hydrogen-bond donors (Lipinski definition) is 0. The molecule has 1 aliphatic rings. The van der Waals surface area contributed by atoms with Crippen molar-refractivity contribution in [3.63, 3.8) is 0 Å². The lowest BCUT2D eigenvalue weighted by Crippen LogP contribution is -2.47. The maximum atomic E-state index is 13.4. The summed E-state index contributed by atoms with van der Waals surface area (Å²) in [6, 6.07) is 25.1. The van der Waals surface area contributed by atoms with Gasteiger partial charge in [0.2, 0.25) is 5.91 Å². The summed E-state index contributed by atoms with van der Waals surface area (Å²) in [5.41, 5.74) is 2.64. The quantitative estimate of drug-likeness (QED) is 0.431. The van der Waals surface area contributed by atoms with Crippen LogP contribution in [0, 0.1) is 11.7 Å². The number of ether oxygens (including phenoxy) is 1. The summed E-state index contributed by atoms with van der Waals surface area (Å²) in [7, 11) is 0. The monoisotopic (exact) mass is 417 g/mol. The van der Waals surface area contributed by atoms with Crippen LogP contribution in [-0.4, -0.2) is 23.3 Å². The van der Waals surface area contributed by atoms with Crippen LogP contribution in [0.3, 0.4) is 0 Å². The van der Waals surface area contributed by atoms with Crippen molar-refractivity contribution >= 4 is 11.9 Å². The highest BCUT2D eigenvalue weighted by atomic mass is 19.1. The lowest BCUT2D eigenvalue weighted by molar-refractivity contribution is -0.160. The molecule has 0 spiro atoms. The highest BCUT2D eigenvalue weighted by Gasteiger charge is 2.43. The van der Waals surface area contributed by atoms with Gasteiger partial charge in [0.25, 0.3) is 0 Å². The van der Waals surface area contributed by atoms with E-state index in [9.17, 15) is 14.0 Å². The Morgan fingerprint density at radius 3 is 2.16 bits per heavy atom. The third kappa shape index (κ3) is 5.00. The van der Waals surface area contributed by atoms with E-state index in [0.717, 1.165) is 16.7 Å². The van der Waals surface area contributed by atoms with Crippen LogP contribution in [0.1, 0.15) is 29.0 Å². The molecule has 0 aliphatic carbocycles. The predicted molar refractivity (Wildman–Crippen MR) is 115 cm³/mol. The van der Waals surface area contributed by atoms with Crippen molar-refractivity contribution in [2.45, 2.75) is 25.5 Å². The molecule has 3 aromatic carbocycles. The van der Waals surface area contributed by atoms with Gasteiger partial charge in [-0.25, -0.2) is 4.39 Å². The largest absolute Gasteiger partial charge is 0.460 e. The molecule has 1 aliphatic heterocycles. The standard InChI is InChI=1S/C26H24FNO3/c27-22-13-11-21(12-14-22)23-15-16-28(17-19-7-3-1-4-8-19)25(29)24(23)26(30)31-18-20-9-5-2-6-10-20/h1-14,23-24H,15-18H2/t23-,24-/m0/s1. The van der Waals surface area contributed by atoms with Crippen LogP contribution in [0.15, 0.2) is 84.9 Å². The topological polar surface area (TPSA) is 46.6 Å². The van der Waals surface area contributed by atoms with E-state index < -0.39 is 11.9 Å². The van der Waals surface area contributed by atoms with Gasteiger partial charge < -0.3 is 9.64 Å². The average Bonchev–Trinajstić information content (AvgIpc) is 2.81. The molecule has 5 heteroatoms. The van der Waals surface area contributed by atoms with Crippen LogP contribution < -0.4 is 0 Å². The predicted octanol–water partition coefficient (Wildman–Crippen LogP) is 4.70. The van der Waals surface area contributed by atoms with Crippen molar-refractivity contribution in [2.75, 3.05) is 6.54 Å². The Morgan fingerprint density at radius 1 is 0.903 bits per heavy atom. The number of carbonyl (C=O) groups is 2. The molecule has 1 fully saturated rings. The number of halogens is 1. The van der Waals surface area contributed by atoms with Crippen molar-refractivity contribution in [1.82, 2.24) is 4.90 Å². The molecule has 1 amide bonds. The number of likely N-dealkylation sites (tertiary alicyclic amines) is 1. The van der Waals surface area contributed by atoms with Gasteiger partial charge in [0.1, 0.15) is 18.3 Å². The van der Waals surface area contributed by atoms with E-state index >= 15 is 0 Å². The summed E-state index contributed by atoms with van der Waals surface area (Å²) >= 11 is 0. The summed E-state index contributed by atoms with van der Waals surface area (Å²) in [4.78, 5) is 28.2. The van der Waals surface area contributed by atoms with Gasteiger partial charge in [-0.3, -0.25) is 9.59 Å². The van der Waals surface area contributed by atoms with Crippen molar-refractivity contribution < 1.29 is 18.7 Å².